The van der Waals surface area contributed by atoms with Gasteiger partial charge in [-0.05, 0) is 19.4 Å². The molecule has 0 spiro atoms. The first kappa shape index (κ1) is 13.5. The molecular formula is C13H23N3O2. The van der Waals surface area contributed by atoms with E-state index in [1.54, 1.807) is 7.11 Å². The molecule has 1 fully saturated rings. The van der Waals surface area contributed by atoms with Crippen LogP contribution in [-0.4, -0.2) is 48.3 Å². The lowest BCUT2D eigenvalue weighted by Gasteiger charge is -2.43. The first-order valence-electron chi connectivity index (χ1n) is 6.61. The van der Waals surface area contributed by atoms with Gasteiger partial charge < -0.3 is 14.8 Å². The lowest BCUT2D eigenvalue weighted by Crippen LogP contribution is -2.60. The van der Waals surface area contributed by atoms with Crippen molar-refractivity contribution < 1.29 is 9.47 Å². The Kier molecular flexibility index (Phi) is 4.74. The third kappa shape index (κ3) is 2.91. The second-order valence-electron chi connectivity index (χ2n) is 4.69. The summed E-state index contributed by atoms with van der Waals surface area (Å²) in [5.41, 5.74) is 1.25. The number of aryl methyl sites for hydroxylation is 1. The Morgan fingerprint density at radius 2 is 2.39 bits per heavy atom. The highest BCUT2D eigenvalue weighted by atomic mass is 16.5. The Balaban J connectivity index is 1.70. The maximum atomic E-state index is 5.60. The van der Waals surface area contributed by atoms with Crippen molar-refractivity contribution in [2.45, 2.75) is 38.0 Å². The molecule has 0 amide bonds. The maximum Gasteiger partial charge on any atom is 0.0986 e. The SMILES string of the molecule is CCOC1CC(NCCc2ccnn2C)C1OC. The molecule has 102 valence electrons. The van der Waals surface area contributed by atoms with E-state index in [1.807, 2.05) is 24.9 Å². The van der Waals surface area contributed by atoms with Crippen molar-refractivity contribution in [3.63, 3.8) is 0 Å². The van der Waals surface area contributed by atoms with E-state index < -0.39 is 0 Å². The summed E-state index contributed by atoms with van der Waals surface area (Å²) < 4.78 is 13.0. The average Bonchev–Trinajstić information content (AvgIpc) is 2.73. The van der Waals surface area contributed by atoms with Gasteiger partial charge in [-0.3, -0.25) is 4.68 Å². The molecule has 1 aromatic rings. The number of aromatic nitrogens is 2. The topological polar surface area (TPSA) is 48.3 Å². The first-order valence-corrected chi connectivity index (χ1v) is 6.61. The van der Waals surface area contributed by atoms with Gasteiger partial charge in [0.1, 0.15) is 0 Å². The van der Waals surface area contributed by atoms with Crippen LogP contribution < -0.4 is 5.32 Å². The second kappa shape index (κ2) is 6.31. The number of nitrogens with one attached hydrogen (secondary N) is 1. The van der Waals surface area contributed by atoms with Crippen molar-refractivity contribution in [2.24, 2.45) is 7.05 Å². The van der Waals surface area contributed by atoms with Crippen LogP contribution in [0.4, 0.5) is 0 Å². The molecule has 0 saturated heterocycles. The number of rotatable bonds is 7. The smallest absolute Gasteiger partial charge is 0.0986 e. The fraction of sp³-hybridized carbons (Fsp3) is 0.769. The molecule has 0 aliphatic heterocycles. The predicted octanol–water partition coefficient (Wildman–Crippen LogP) is 0.745. The van der Waals surface area contributed by atoms with Crippen molar-refractivity contribution in [1.29, 1.82) is 0 Å². The van der Waals surface area contributed by atoms with Crippen molar-refractivity contribution in [1.82, 2.24) is 15.1 Å². The minimum absolute atomic E-state index is 0.191. The number of ether oxygens (including phenoxy) is 2. The minimum atomic E-state index is 0.191. The van der Waals surface area contributed by atoms with Gasteiger partial charge in [0.05, 0.1) is 12.2 Å². The molecule has 1 aliphatic carbocycles. The Hall–Kier alpha value is -0.910. The fourth-order valence-electron chi connectivity index (χ4n) is 2.51. The fourth-order valence-corrected chi connectivity index (χ4v) is 2.51. The highest BCUT2D eigenvalue weighted by molar-refractivity contribution is 5.02. The molecule has 2 rings (SSSR count). The molecule has 1 aliphatic rings. The van der Waals surface area contributed by atoms with Crippen LogP contribution in [0.1, 0.15) is 19.0 Å². The average molecular weight is 253 g/mol. The largest absolute Gasteiger partial charge is 0.377 e. The van der Waals surface area contributed by atoms with Gasteiger partial charge >= 0.3 is 0 Å². The predicted molar refractivity (Wildman–Crippen MR) is 69.5 cm³/mol. The lowest BCUT2D eigenvalue weighted by atomic mass is 9.85. The maximum absolute atomic E-state index is 5.60. The normalized spacial score (nSPS) is 27.2. The zero-order chi connectivity index (χ0) is 13.0. The summed E-state index contributed by atoms with van der Waals surface area (Å²) in [6.07, 6.45) is 4.31. The summed E-state index contributed by atoms with van der Waals surface area (Å²) >= 11 is 0. The van der Waals surface area contributed by atoms with Crippen LogP contribution in [0.15, 0.2) is 12.3 Å². The monoisotopic (exact) mass is 253 g/mol. The van der Waals surface area contributed by atoms with Crippen molar-refractivity contribution in [3.05, 3.63) is 18.0 Å². The number of hydrogen-bond acceptors (Lipinski definition) is 4. The molecule has 3 unspecified atom stereocenters. The van der Waals surface area contributed by atoms with Crippen LogP contribution in [0.2, 0.25) is 0 Å². The Labute approximate surface area is 108 Å². The van der Waals surface area contributed by atoms with Gasteiger partial charge in [-0.25, -0.2) is 0 Å². The van der Waals surface area contributed by atoms with E-state index in [4.69, 9.17) is 9.47 Å². The van der Waals surface area contributed by atoms with Gasteiger partial charge in [0.25, 0.3) is 0 Å². The third-order valence-corrected chi connectivity index (χ3v) is 3.61. The number of nitrogens with zero attached hydrogens (tertiary/aromatic N) is 2. The van der Waals surface area contributed by atoms with Crippen molar-refractivity contribution in [3.8, 4) is 0 Å². The number of methoxy groups -OCH3 is 1. The van der Waals surface area contributed by atoms with Gasteiger partial charge in [0, 0.05) is 51.7 Å². The van der Waals surface area contributed by atoms with Crippen molar-refractivity contribution in [2.75, 3.05) is 20.3 Å². The number of hydrogen-bond donors (Lipinski definition) is 1. The van der Waals surface area contributed by atoms with Crippen LogP contribution in [0, 0.1) is 0 Å². The Morgan fingerprint density at radius 3 is 3.00 bits per heavy atom. The van der Waals surface area contributed by atoms with Gasteiger partial charge in [0.2, 0.25) is 0 Å². The molecule has 0 aromatic carbocycles. The van der Waals surface area contributed by atoms with E-state index in [1.165, 1.54) is 5.69 Å². The molecule has 18 heavy (non-hydrogen) atoms. The summed E-state index contributed by atoms with van der Waals surface area (Å²) in [6.45, 7) is 3.73. The van der Waals surface area contributed by atoms with E-state index in [0.717, 1.165) is 26.0 Å². The van der Waals surface area contributed by atoms with Crippen LogP contribution in [-0.2, 0) is 22.9 Å². The second-order valence-corrected chi connectivity index (χ2v) is 4.69. The van der Waals surface area contributed by atoms with Crippen LogP contribution >= 0.6 is 0 Å². The molecule has 5 nitrogen and oxygen atoms in total. The summed E-state index contributed by atoms with van der Waals surface area (Å²) in [4.78, 5) is 0. The van der Waals surface area contributed by atoms with E-state index in [-0.39, 0.29) is 12.2 Å². The summed E-state index contributed by atoms with van der Waals surface area (Å²) in [5.74, 6) is 0. The molecular weight excluding hydrogens is 230 g/mol. The highest BCUT2D eigenvalue weighted by Crippen LogP contribution is 2.26. The minimum Gasteiger partial charge on any atom is -0.377 e. The summed E-state index contributed by atoms with van der Waals surface area (Å²) in [5, 5.41) is 7.69. The molecule has 1 heterocycles. The molecule has 1 saturated carbocycles. The molecule has 1 aromatic heterocycles. The quantitative estimate of drug-likeness (QED) is 0.779. The van der Waals surface area contributed by atoms with Crippen LogP contribution in [0.5, 0.6) is 0 Å². The first-order chi connectivity index (χ1) is 8.76. The van der Waals surface area contributed by atoms with Gasteiger partial charge in [-0.2, -0.15) is 5.10 Å². The molecule has 0 bridgehead atoms. The molecule has 0 radical (unpaired) electrons. The Bertz CT molecular complexity index is 367. The highest BCUT2D eigenvalue weighted by Gasteiger charge is 2.41. The van der Waals surface area contributed by atoms with E-state index >= 15 is 0 Å². The summed E-state index contributed by atoms with van der Waals surface area (Å²) in [7, 11) is 3.73. The van der Waals surface area contributed by atoms with E-state index in [0.29, 0.717) is 6.04 Å². The Morgan fingerprint density at radius 1 is 1.56 bits per heavy atom. The van der Waals surface area contributed by atoms with Gasteiger partial charge in [-0.15, -0.1) is 0 Å². The molecule has 5 heteroatoms. The van der Waals surface area contributed by atoms with E-state index in [2.05, 4.69) is 16.5 Å². The molecule has 3 atom stereocenters. The lowest BCUT2D eigenvalue weighted by molar-refractivity contribution is -0.131. The van der Waals surface area contributed by atoms with Crippen LogP contribution in [0.3, 0.4) is 0 Å². The zero-order valence-corrected chi connectivity index (χ0v) is 11.4. The van der Waals surface area contributed by atoms with Gasteiger partial charge in [0.15, 0.2) is 0 Å². The van der Waals surface area contributed by atoms with Crippen LogP contribution in [0.25, 0.3) is 0 Å². The van der Waals surface area contributed by atoms with Crippen molar-refractivity contribution >= 4 is 0 Å². The third-order valence-electron chi connectivity index (χ3n) is 3.61. The van der Waals surface area contributed by atoms with Gasteiger partial charge in [-0.1, -0.05) is 0 Å². The molecule has 1 N–H and O–H groups in total. The van der Waals surface area contributed by atoms with E-state index in [9.17, 15) is 0 Å². The zero-order valence-electron chi connectivity index (χ0n) is 11.4. The summed E-state index contributed by atoms with van der Waals surface area (Å²) in [6, 6.07) is 2.47. The standard InChI is InChI=1S/C13H23N3O2/c1-4-18-12-9-11(13(12)17-3)14-7-5-10-6-8-15-16(10)2/h6,8,11-14H,4-5,7,9H2,1-3H3.